The van der Waals surface area contributed by atoms with Gasteiger partial charge in [0.1, 0.15) is 0 Å². The van der Waals surface area contributed by atoms with Gasteiger partial charge in [0.25, 0.3) is 0 Å². The zero-order valence-electron chi connectivity index (χ0n) is 7.90. The number of benzene rings is 1. The molecule has 1 nitrogen and oxygen atoms in total. The lowest BCUT2D eigenvalue weighted by atomic mass is 10.1. The molecule has 1 heteroatoms. The van der Waals surface area contributed by atoms with Crippen molar-refractivity contribution in [3.05, 3.63) is 53.7 Å². The van der Waals surface area contributed by atoms with Gasteiger partial charge < -0.3 is 0 Å². The van der Waals surface area contributed by atoms with Crippen LogP contribution < -0.4 is 10.6 Å². The summed E-state index contributed by atoms with van der Waals surface area (Å²) in [4.78, 5) is 4.24. The molecule has 0 unspecified atom stereocenters. The summed E-state index contributed by atoms with van der Waals surface area (Å²) in [6.45, 7) is 7.59. The van der Waals surface area contributed by atoms with Crippen LogP contribution in [0.3, 0.4) is 0 Å². The van der Waals surface area contributed by atoms with Crippen LogP contribution in [0.4, 0.5) is 0 Å². The van der Waals surface area contributed by atoms with E-state index in [0.717, 1.165) is 16.0 Å². The molecule has 0 aliphatic heterocycles. The fourth-order valence-corrected chi connectivity index (χ4v) is 1.53. The van der Waals surface area contributed by atoms with Crippen molar-refractivity contribution >= 4 is 23.4 Å². The minimum atomic E-state index is 0.795. The van der Waals surface area contributed by atoms with Crippen molar-refractivity contribution in [3.8, 4) is 0 Å². The van der Waals surface area contributed by atoms with E-state index < -0.39 is 0 Å². The number of fused-ring (bicyclic) bond motifs is 1. The second kappa shape index (κ2) is 3.46. The van der Waals surface area contributed by atoms with Crippen LogP contribution in [0.1, 0.15) is 0 Å². The predicted molar refractivity (Wildman–Crippen MR) is 61.2 cm³/mol. The molecule has 1 aromatic heterocycles. The third kappa shape index (κ3) is 1.33. The normalized spacial score (nSPS) is 11.9. The predicted octanol–water partition coefficient (Wildman–Crippen LogP) is 1.61. The lowest BCUT2D eigenvalue weighted by molar-refractivity contribution is 1.26. The first kappa shape index (κ1) is 8.70. The van der Waals surface area contributed by atoms with Crippen molar-refractivity contribution in [2.45, 2.75) is 0 Å². The molecule has 0 atom stereocenters. The van der Waals surface area contributed by atoms with Crippen LogP contribution in [0.5, 0.6) is 0 Å². The minimum Gasteiger partial charge on any atom is -0.256 e. The topological polar surface area (TPSA) is 12.9 Å². The van der Waals surface area contributed by atoms with E-state index in [-0.39, 0.29) is 0 Å². The van der Waals surface area contributed by atoms with Crippen molar-refractivity contribution in [1.29, 1.82) is 0 Å². The summed E-state index contributed by atoms with van der Waals surface area (Å²) in [5, 5.41) is 4.15. The highest BCUT2D eigenvalue weighted by atomic mass is 14.6. The molecule has 0 saturated carbocycles. The number of nitrogens with zero attached hydrogens (tertiary/aromatic N) is 1. The van der Waals surface area contributed by atoms with Crippen molar-refractivity contribution < 1.29 is 0 Å². The van der Waals surface area contributed by atoms with Gasteiger partial charge in [0.05, 0.1) is 5.35 Å². The highest BCUT2D eigenvalue weighted by molar-refractivity contribution is 5.82. The standard InChI is InChI=1S/C13H11N/c1-3-6-12-10(2)14-9-11-7-4-5-8-13(11)12/h3-9H,1-2H2/b12-6+. The number of hydrogen-bond acceptors (Lipinski definition) is 1. The Hall–Kier alpha value is -1.89. The molecule has 68 valence electrons. The van der Waals surface area contributed by atoms with E-state index in [1.165, 1.54) is 5.39 Å². The molecule has 0 aliphatic carbocycles. The largest absolute Gasteiger partial charge is 0.256 e. The number of aromatic nitrogens is 1. The third-order valence-electron chi connectivity index (χ3n) is 2.21. The van der Waals surface area contributed by atoms with Gasteiger partial charge in [-0.15, -0.1) is 0 Å². The summed E-state index contributed by atoms with van der Waals surface area (Å²) in [6, 6.07) is 8.13. The molecule has 14 heavy (non-hydrogen) atoms. The Balaban J connectivity index is 3.05. The average Bonchev–Trinajstić information content (AvgIpc) is 2.23. The molecular weight excluding hydrogens is 170 g/mol. The Morgan fingerprint density at radius 2 is 2.00 bits per heavy atom. The van der Waals surface area contributed by atoms with Gasteiger partial charge in [0.2, 0.25) is 0 Å². The van der Waals surface area contributed by atoms with Gasteiger partial charge in [-0.2, -0.15) is 0 Å². The van der Waals surface area contributed by atoms with Crippen LogP contribution in [0.25, 0.3) is 23.4 Å². The Morgan fingerprint density at radius 1 is 1.21 bits per heavy atom. The zero-order chi connectivity index (χ0) is 9.97. The van der Waals surface area contributed by atoms with Gasteiger partial charge in [0.15, 0.2) is 0 Å². The Labute approximate surface area is 82.7 Å². The number of allylic oxidation sites excluding steroid dienone is 1. The van der Waals surface area contributed by atoms with Crippen LogP contribution in [0.2, 0.25) is 0 Å². The Morgan fingerprint density at radius 3 is 2.79 bits per heavy atom. The van der Waals surface area contributed by atoms with Crippen LogP contribution in [0.15, 0.2) is 43.1 Å². The molecule has 0 fully saturated rings. The third-order valence-corrected chi connectivity index (χ3v) is 2.21. The van der Waals surface area contributed by atoms with Crippen LogP contribution in [-0.4, -0.2) is 4.98 Å². The van der Waals surface area contributed by atoms with Crippen LogP contribution in [-0.2, 0) is 0 Å². The molecule has 0 saturated heterocycles. The SMILES string of the molecule is C=C/C=c1\c(=C)ncc2ccccc12. The molecule has 1 aromatic carbocycles. The molecule has 0 amide bonds. The van der Waals surface area contributed by atoms with Crippen molar-refractivity contribution in [2.24, 2.45) is 0 Å². The van der Waals surface area contributed by atoms with Gasteiger partial charge >= 0.3 is 0 Å². The zero-order valence-corrected chi connectivity index (χ0v) is 7.90. The summed E-state index contributed by atoms with van der Waals surface area (Å²) in [5.41, 5.74) is 0. The summed E-state index contributed by atoms with van der Waals surface area (Å²) in [5.74, 6) is 0. The fourth-order valence-electron chi connectivity index (χ4n) is 1.53. The lowest BCUT2D eigenvalue weighted by Gasteiger charge is -1.97. The number of hydrogen-bond donors (Lipinski definition) is 0. The number of rotatable bonds is 1. The smallest absolute Gasteiger partial charge is 0.0636 e. The van der Waals surface area contributed by atoms with E-state index in [0.29, 0.717) is 0 Å². The first-order chi connectivity index (χ1) is 6.83. The van der Waals surface area contributed by atoms with E-state index in [1.807, 2.05) is 30.5 Å². The van der Waals surface area contributed by atoms with E-state index in [9.17, 15) is 0 Å². The first-order valence-corrected chi connectivity index (χ1v) is 4.48. The van der Waals surface area contributed by atoms with Gasteiger partial charge in [-0.1, -0.05) is 49.6 Å². The second-order valence-corrected chi connectivity index (χ2v) is 3.11. The van der Waals surface area contributed by atoms with Crippen molar-refractivity contribution in [1.82, 2.24) is 4.98 Å². The Bertz CT molecular complexity index is 582. The quantitative estimate of drug-likeness (QED) is 0.651. The summed E-state index contributed by atoms with van der Waals surface area (Å²) in [7, 11) is 0. The molecule has 2 rings (SSSR count). The number of pyridine rings is 1. The van der Waals surface area contributed by atoms with E-state index in [4.69, 9.17) is 0 Å². The highest BCUT2D eigenvalue weighted by Gasteiger charge is 1.93. The van der Waals surface area contributed by atoms with Gasteiger partial charge in [-0.25, -0.2) is 0 Å². The van der Waals surface area contributed by atoms with Crippen LogP contribution in [0, 0.1) is 0 Å². The summed E-state index contributed by atoms with van der Waals surface area (Å²) in [6.07, 6.45) is 5.55. The van der Waals surface area contributed by atoms with Crippen LogP contribution >= 0.6 is 0 Å². The summed E-state index contributed by atoms with van der Waals surface area (Å²) >= 11 is 0. The lowest BCUT2D eigenvalue weighted by Crippen LogP contribution is -2.26. The molecule has 2 aromatic rings. The molecule has 0 N–H and O–H groups in total. The minimum absolute atomic E-state index is 0.795. The molecule has 0 spiro atoms. The molecule has 0 radical (unpaired) electrons. The molecular formula is C13H11N. The van der Waals surface area contributed by atoms with E-state index in [1.54, 1.807) is 6.08 Å². The van der Waals surface area contributed by atoms with E-state index >= 15 is 0 Å². The monoisotopic (exact) mass is 181 g/mol. The maximum absolute atomic E-state index is 4.24. The van der Waals surface area contributed by atoms with Gasteiger partial charge in [-0.05, 0) is 5.39 Å². The van der Waals surface area contributed by atoms with Gasteiger partial charge in [-0.3, -0.25) is 4.98 Å². The van der Waals surface area contributed by atoms with E-state index in [2.05, 4.69) is 24.2 Å². The van der Waals surface area contributed by atoms with Crippen molar-refractivity contribution in [3.63, 3.8) is 0 Å². The van der Waals surface area contributed by atoms with Crippen molar-refractivity contribution in [2.75, 3.05) is 0 Å². The molecule has 0 aliphatic rings. The molecule has 1 heterocycles. The fraction of sp³-hybridized carbons (Fsp3) is 0. The average molecular weight is 181 g/mol. The van der Waals surface area contributed by atoms with Gasteiger partial charge in [0, 0.05) is 16.8 Å². The first-order valence-electron chi connectivity index (χ1n) is 4.48. The second-order valence-electron chi connectivity index (χ2n) is 3.11. The molecule has 0 bridgehead atoms. The highest BCUT2D eigenvalue weighted by Crippen LogP contribution is 2.04. The maximum atomic E-state index is 4.24. The summed E-state index contributed by atoms with van der Waals surface area (Å²) < 4.78 is 0. The Kier molecular flexibility index (Phi) is 2.15. The maximum Gasteiger partial charge on any atom is 0.0636 e.